The second-order valence-corrected chi connectivity index (χ2v) is 9.22. The summed E-state index contributed by atoms with van der Waals surface area (Å²) in [4.78, 5) is 26.8. The number of nitrogens with one attached hydrogen (secondary N) is 2. The summed E-state index contributed by atoms with van der Waals surface area (Å²) >= 11 is 1.65. The molecule has 6 nitrogen and oxygen atoms in total. The van der Waals surface area contributed by atoms with Crippen molar-refractivity contribution >= 4 is 23.2 Å². The van der Waals surface area contributed by atoms with E-state index >= 15 is 0 Å². The molecule has 1 aromatic carbocycles. The minimum Gasteiger partial charge on any atom is -0.497 e. The van der Waals surface area contributed by atoms with Gasteiger partial charge >= 0.3 is 0 Å². The molecule has 0 unspecified atom stereocenters. The Hall–Kier alpha value is -2.54. The van der Waals surface area contributed by atoms with Crippen molar-refractivity contribution < 1.29 is 19.1 Å². The smallest absolute Gasteiger partial charge is 0.258 e. The molecule has 2 N–H and O–H groups in total. The Bertz CT molecular complexity index is 944. The van der Waals surface area contributed by atoms with E-state index in [1.54, 1.807) is 36.6 Å². The molecule has 3 saturated carbocycles. The number of fused-ring (bicyclic) bond motifs is 3. The van der Waals surface area contributed by atoms with Crippen LogP contribution in [0.3, 0.4) is 0 Å². The van der Waals surface area contributed by atoms with Crippen LogP contribution in [0.1, 0.15) is 40.9 Å². The van der Waals surface area contributed by atoms with Crippen LogP contribution in [0.4, 0.5) is 0 Å². The summed E-state index contributed by atoms with van der Waals surface area (Å²) in [6, 6.07) is 9.31. The zero-order chi connectivity index (χ0) is 20.0. The van der Waals surface area contributed by atoms with Crippen LogP contribution in [0.15, 0.2) is 35.7 Å². The molecule has 2 amide bonds. The third-order valence-corrected chi connectivity index (χ3v) is 7.50. The van der Waals surface area contributed by atoms with Gasteiger partial charge in [0, 0.05) is 29.2 Å². The monoisotopic (exact) mass is 412 g/mol. The highest BCUT2D eigenvalue weighted by molar-refractivity contribution is 7.09. The minimum atomic E-state index is -0.718. The van der Waals surface area contributed by atoms with Gasteiger partial charge in [0.2, 0.25) is 5.91 Å². The predicted molar refractivity (Wildman–Crippen MR) is 109 cm³/mol. The average molecular weight is 413 g/mol. The number of carbonyl (C=O) groups excluding carboxylic acids is 2. The van der Waals surface area contributed by atoms with Crippen molar-refractivity contribution in [2.75, 3.05) is 7.11 Å². The number of amides is 2. The van der Waals surface area contributed by atoms with Crippen LogP contribution in [-0.2, 0) is 11.3 Å². The molecule has 4 aliphatic rings. The maximum atomic E-state index is 12.8. The average Bonchev–Trinajstić information content (AvgIpc) is 3.25. The standard InChI is InChI=1S/C22H24N2O4S/c1-27-15-6-7-17-19(10-15)28-22(24-21(17)26)11-13-4-5-14(22)9-18(13)20(25)23-12-16-3-2-8-29-16/h2-3,6-8,10,13-14,18H,4-5,9,11-12H2,1H3,(H,23,25)(H,24,26)/t13-,14+,18-,22-/m1/s1. The Labute approximate surface area is 173 Å². The van der Waals surface area contributed by atoms with Crippen molar-refractivity contribution in [3.63, 3.8) is 0 Å². The van der Waals surface area contributed by atoms with Gasteiger partial charge in [-0.25, -0.2) is 0 Å². The summed E-state index contributed by atoms with van der Waals surface area (Å²) in [5, 5.41) is 8.25. The van der Waals surface area contributed by atoms with Crippen LogP contribution in [0.25, 0.3) is 0 Å². The van der Waals surface area contributed by atoms with Crippen LogP contribution in [0, 0.1) is 17.8 Å². The SMILES string of the molecule is COc1ccc2c(c1)O[C@@]1(C[C@H]3CC[C@H]1C[C@H]3C(=O)NCc1cccs1)NC2=O. The molecule has 3 fully saturated rings. The van der Waals surface area contributed by atoms with Crippen LogP contribution in [0.5, 0.6) is 11.5 Å². The quantitative estimate of drug-likeness (QED) is 0.808. The first-order chi connectivity index (χ1) is 14.1. The van der Waals surface area contributed by atoms with E-state index in [4.69, 9.17) is 9.47 Å². The number of benzene rings is 1. The minimum absolute atomic E-state index is 0.0217. The fourth-order valence-corrected chi connectivity index (χ4v) is 5.80. The van der Waals surface area contributed by atoms with E-state index in [2.05, 4.69) is 10.6 Å². The van der Waals surface area contributed by atoms with Gasteiger partial charge in [-0.05, 0) is 48.8 Å². The van der Waals surface area contributed by atoms with Crippen molar-refractivity contribution in [1.82, 2.24) is 10.6 Å². The van der Waals surface area contributed by atoms with Crippen LogP contribution in [0.2, 0.25) is 0 Å². The summed E-state index contributed by atoms with van der Waals surface area (Å²) in [5.74, 6) is 1.54. The lowest BCUT2D eigenvalue weighted by molar-refractivity contribution is -0.146. The molecule has 2 bridgehead atoms. The molecule has 3 aliphatic carbocycles. The molecule has 2 heterocycles. The molecule has 4 atom stereocenters. The summed E-state index contributed by atoms with van der Waals surface area (Å²) in [7, 11) is 1.60. The highest BCUT2D eigenvalue weighted by atomic mass is 32.1. The largest absolute Gasteiger partial charge is 0.497 e. The van der Waals surface area contributed by atoms with E-state index in [0.29, 0.717) is 30.0 Å². The van der Waals surface area contributed by atoms with Crippen molar-refractivity contribution in [3.8, 4) is 11.5 Å². The summed E-state index contributed by atoms with van der Waals surface area (Å²) in [6.07, 6.45) is 3.35. The van der Waals surface area contributed by atoms with Gasteiger partial charge in [0.05, 0.1) is 19.2 Å². The Morgan fingerprint density at radius 3 is 3.00 bits per heavy atom. The van der Waals surface area contributed by atoms with Gasteiger partial charge in [-0.3, -0.25) is 9.59 Å². The van der Waals surface area contributed by atoms with Crippen LogP contribution in [-0.4, -0.2) is 24.6 Å². The summed E-state index contributed by atoms with van der Waals surface area (Å²) in [6.45, 7) is 0.579. The number of hydrogen-bond acceptors (Lipinski definition) is 5. The van der Waals surface area contributed by atoms with Gasteiger partial charge in [0.1, 0.15) is 11.5 Å². The molecule has 0 radical (unpaired) electrons. The fraction of sp³-hybridized carbons (Fsp3) is 0.455. The van der Waals surface area contributed by atoms with Gasteiger partial charge in [-0.2, -0.15) is 0 Å². The number of rotatable bonds is 4. The Balaban J connectivity index is 1.33. The normalized spacial score (nSPS) is 29.7. The summed E-state index contributed by atoms with van der Waals surface area (Å²) in [5.41, 5.74) is -0.188. The molecule has 1 aromatic heterocycles. The van der Waals surface area contributed by atoms with E-state index in [9.17, 15) is 9.59 Å². The lowest BCUT2D eigenvalue weighted by Crippen LogP contribution is -2.66. The fourth-order valence-electron chi connectivity index (χ4n) is 5.16. The zero-order valence-corrected chi connectivity index (χ0v) is 17.1. The van der Waals surface area contributed by atoms with Crippen molar-refractivity contribution in [1.29, 1.82) is 0 Å². The van der Waals surface area contributed by atoms with Crippen molar-refractivity contribution in [2.24, 2.45) is 17.8 Å². The van der Waals surface area contributed by atoms with Crippen molar-refractivity contribution in [3.05, 3.63) is 46.2 Å². The predicted octanol–water partition coefficient (Wildman–Crippen LogP) is 3.33. The van der Waals surface area contributed by atoms with Gasteiger partial charge in [0.25, 0.3) is 5.91 Å². The number of carbonyl (C=O) groups is 2. The number of ether oxygens (including phenoxy) is 2. The van der Waals surface area contributed by atoms with Crippen molar-refractivity contribution in [2.45, 2.75) is 38.0 Å². The zero-order valence-electron chi connectivity index (χ0n) is 16.3. The number of thiophene rings is 1. The van der Waals surface area contributed by atoms with Gasteiger partial charge in [-0.1, -0.05) is 6.07 Å². The molecular formula is C22H24N2O4S. The molecule has 1 spiro atoms. The lowest BCUT2D eigenvalue weighted by Gasteiger charge is -2.55. The van der Waals surface area contributed by atoms with Crippen LogP contribution >= 0.6 is 11.3 Å². The molecule has 0 saturated heterocycles. The first-order valence-electron chi connectivity index (χ1n) is 10.1. The van der Waals surface area contributed by atoms with Gasteiger partial charge in [-0.15, -0.1) is 11.3 Å². The van der Waals surface area contributed by atoms with E-state index in [1.165, 1.54) is 0 Å². The number of hydrogen-bond donors (Lipinski definition) is 2. The number of methoxy groups -OCH3 is 1. The molecule has 29 heavy (non-hydrogen) atoms. The molecule has 7 heteroatoms. The molecule has 2 aromatic rings. The second-order valence-electron chi connectivity index (χ2n) is 8.19. The van der Waals surface area contributed by atoms with Gasteiger partial charge in [0.15, 0.2) is 5.72 Å². The third-order valence-electron chi connectivity index (χ3n) is 6.62. The van der Waals surface area contributed by atoms with E-state index in [1.807, 2.05) is 17.5 Å². The lowest BCUT2D eigenvalue weighted by atomic mass is 9.60. The first-order valence-corrected chi connectivity index (χ1v) is 11.0. The third kappa shape index (κ3) is 3.17. The Morgan fingerprint density at radius 1 is 1.38 bits per heavy atom. The first kappa shape index (κ1) is 18.5. The van der Waals surface area contributed by atoms with Gasteiger partial charge < -0.3 is 20.1 Å². The summed E-state index contributed by atoms with van der Waals surface area (Å²) < 4.78 is 11.7. The molecule has 152 valence electrons. The maximum absolute atomic E-state index is 12.8. The topological polar surface area (TPSA) is 76.7 Å². The second kappa shape index (κ2) is 7.06. The molecule has 6 rings (SSSR count). The Kier molecular flexibility index (Phi) is 4.50. The van der Waals surface area contributed by atoms with E-state index in [0.717, 1.165) is 24.1 Å². The molecular weight excluding hydrogens is 388 g/mol. The Morgan fingerprint density at radius 2 is 2.28 bits per heavy atom. The maximum Gasteiger partial charge on any atom is 0.258 e. The highest BCUT2D eigenvalue weighted by Crippen LogP contribution is 2.52. The molecule has 1 aliphatic heterocycles. The van der Waals surface area contributed by atoms with E-state index < -0.39 is 5.72 Å². The highest BCUT2D eigenvalue weighted by Gasteiger charge is 2.57. The van der Waals surface area contributed by atoms with Crippen LogP contribution < -0.4 is 20.1 Å². The van der Waals surface area contributed by atoms with E-state index in [-0.39, 0.29) is 29.6 Å².